The maximum Gasteiger partial charge on any atom is 0.452 e. The molecule has 1 rings (SSSR count). The molecule has 0 aromatic heterocycles. The number of esters is 1. The molecule has 0 saturated carbocycles. The molecule has 0 aromatic carbocycles. The molecule has 1 aliphatic rings. The first-order valence-corrected chi connectivity index (χ1v) is 3.80. The van der Waals surface area contributed by atoms with Gasteiger partial charge in [-0.3, -0.25) is 4.79 Å². The highest BCUT2D eigenvalue weighted by molar-refractivity contribution is 5.78. The van der Waals surface area contributed by atoms with Crippen LogP contribution >= 0.6 is 0 Å². The molecule has 0 amide bonds. The standard InChI is InChI=1S/C6H5F6NO3/c7-5(8,9)4(6(10,11)12)13-2(1-14)3(15)16-4/h2,13-14H,1H2/t2-/m0/s1. The third-order valence-corrected chi connectivity index (χ3v) is 1.90. The van der Waals surface area contributed by atoms with Crippen LogP contribution in [0.1, 0.15) is 0 Å². The highest BCUT2D eigenvalue weighted by Crippen LogP contribution is 2.46. The molecular formula is C6H5F6NO3. The topological polar surface area (TPSA) is 58.6 Å². The van der Waals surface area contributed by atoms with Crippen LogP contribution in [-0.4, -0.2) is 41.8 Å². The van der Waals surface area contributed by atoms with Crippen molar-refractivity contribution in [1.29, 1.82) is 0 Å². The fourth-order valence-corrected chi connectivity index (χ4v) is 1.12. The number of ether oxygens (including phenoxy) is 1. The molecule has 0 aliphatic carbocycles. The van der Waals surface area contributed by atoms with Crippen molar-refractivity contribution in [3.05, 3.63) is 0 Å². The van der Waals surface area contributed by atoms with Gasteiger partial charge in [0.2, 0.25) is 0 Å². The fourth-order valence-electron chi connectivity index (χ4n) is 1.12. The second kappa shape index (κ2) is 3.48. The average molecular weight is 253 g/mol. The Hall–Kier alpha value is -1.03. The molecule has 1 aliphatic heterocycles. The van der Waals surface area contributed by atoms with Gasteiger partial charge in [0.15, 0.2) is 0 Å². The highest BCUT2D eigenvalue weighted by Gasteiger charge is 2.78. The van der Waals surface area contributed by atoms with Gasteiger partial charge in [-0.25, -0.2) is 5.32 Å². The van der Waals surface area contributed by atoms with Gasteiger partial charge in [0.25, 0.3) is 0 Å². The van der Waals surface area contributed by atoms with Crippen LogP contribution < -0.4 is 5.32 Å². The van der Waals surface area contributed by atoms with E-state index in [1.807, 2.05) is 0 Å². The molecule has 94 valence electrons. The van der Waals surface area contributed by atoms with Crippen molar-refractivity contribution in [2.45, 2.75) is 24.1 Å². The summed E-state index contributed by atoms with van der Waals surface area (Å²) >= 11 is 0. The number of nitrogens with one attached hydrogen (secondary N) is 1. The predicted molar refractivity (Wildman–Crippen MR) is 34.9 cm³/mol. The van der Waals surface area contributed by atoms with Gasteiger partial charge in [-0.15, -0.1) is 0 Å². The van der Waals surface area contributed by atoms with E-state index < -0.39 is 36.7 Å². The van der Waals surface area contributed by atoms with Crippen LogP contribution in [0.2, 0.25) is 0 Å². The van der Waals surface area contributed by atoms with Gasteiger partial charge in [0.1, 0.15) is 6.04 Å². The van der Waals surface area contributed by atoms with Gasteiger partial charge in [-0.1, -0.05) is 0 Å². The van der Waals surface area contributed by atoms with Crippen molar-refractivity contribution in [3.8, 4) is 0 Å². The number of hydrogen-bond donors (Lipinski definition) is 2. The number of halogens is 6. The number of alkyl halides is 6. The molecule has 4 nitrogen and oxygen atoms in total. The largest absolute Gasteiger partial charge is 0.452 e. The molecule has 1 atom stereocenters. The van der Waals surface area contributed by atoms with Gasteiger partial charge in [0.05, 0.1) is 6.61 Å². The lowest BCUT2D eigenvalue weighted by Crippen LogP contribution is -2.65. The van der Waals surface area contributed by atoms with Crippen LogP contribution in [0.25, 0.3) is 0 Å². The normalized spacial score (nSPS) is 25.7. The molecule has 0 spiro atoms. The van der Waals surface area contributed by atoms with Crippen molar-refractivity contribution in [3.63, 3.8) is 0 Å². The summed E-state index contributed by atoms with van der Waals surface area (Å²) < 4.78 is 76.8. The molecule has 16 heavy (non-hydrogen) atoms. The summed E-state index contributed by atoms with van der Waals surface area (Å²) in [7, 11) is 0. The first-order chi connectivity index (χ1) is 7.05. The van der Waals surface area contributed by atoms with Gasteiger partial charge in [-0.05, 0) is 0 Å². The zero-order valence-electron chi connectivity index (χ0n) is 7.32. The lowest BCUT2D eigenvalue weighted by molar-refractivity contribution is -0.369. The number of carbonyl (C=O) groups excluding carboxylic acids is 1. The van der Waals surface area contributed by atoms with E-state index in [9.17, 15) is 31.1 Å². The van der Waals surface area contributed by atoms with Crippen molar-refractivity contribution in [2.24, 2.45) is 0 Å². The van der Waals surface area contributed by atoms with E-state index in [0.29, 0.717) is 0 Å². The van der Waals surface area contributed by atoms with Gasteiger partial charge >= 0.3 is 24.0 Å². The number of rotatable bonds is 1. The lowest BCUT2D eigenvalue weighted by Gasteiger charge is -2.31. The first kappa shape index (κ1) is 13.0. The summed E-state index contributed by atoms with van der Waals surface area (Å²) in [6.45, 7) is -1.23. The minimum Gasteiger partial charge on any atom is -0.424 e. The fraction of sp³-hybridized carbons (Fsp3) is 0.833. The monoisotopic (exact) mass is 253 g/mol. The van der Waals surface area contributed by atoms with Crippen LogP contribution in [0.3, 0.4) is 0 Å². The summed E-state index contributed by atoms with van der Waals surface area (Å²) in [6.07, 6.45) is -11.7. The summed E-state index contributed by atoms with van der Waals surface area (Å²) in [5.41, 5.74) is -4.75. The molecule has 2 N–H and O–H groups in total. The SMILES string of the molecule is O=C1OC(C(F)(F)F)(C(F)(F)F)N[C@H]1CO. The van der Waals surface area contributed by atoms with E-state index in [1.165, 1.54) is 0 Å². The molecule has 0 radical (unpaired) electrons. The Morgan fingerprint density at radius 1 is 1.25 bits per heavy atom. The first-order valence-electron chi connectivity index (χ1n) is 3.80. The second-order valence-electron chi connectivity index (χ2n) is 2.98. The molecular weight excluding hydrogens is 248 g/mol. The van der Waals surface area contributed by atoms with Crippen LogP contribution in [-0.2, 0) is 9.53 Å². The average Bonchev–Trinajstić information content (AvgIpc) is 2.41. The number of hydrogen-bond acceptors (Lipinski definition) is 4. The summed E-state index contributed by atoms with van der Waals surface area (Å²) in [4.78, 5) is 10.7. The van der Waals surface area contributed by atoms with Crippen LogP contribution in [0, 0.1) is 0 Å². The minimum atomic E-state index is -5.87. The Labute approximate surface area is 84.2 Å². The van der Waals surface area contributed by atoms with E-state index in [0.717, 1.165) is 5.32 Å². The highest BCUT2D eigenvalue weighted by atomic mass is 19.4. The Balaban J connectivity index is 3.16. The number of carbonyl (C=O) groups is 1. The van der Waals surface area contributed by atoms with Crippen molar-refractivity contribution >= 4 is 5.97 Å². The van der Waals surface area contributed by atoms with Gasteiger partial charge in [-0.2, -0.15) is 26.3 Å². The van der Waals surface area contributed by atoms with Crippen LogP contribution in [0.5, 0.6) is 0 Å². The second-order valence-corrected chi connectivity index (χ2v) is 2.98. The van der Waals surface area contributed by atoms with E-state index in [4.69, 9.17) is 5.11 Å². The van der Waals surface area contributed by atoms with Gasteiger partial charge < -0.3 is 9.84 Å². The van der Waals surface area contributed by atoms with E-state index in [2.05, 4.69) is 4.74 Å². The van der Waals surface area contributed by atoms with E-state index >= 15 is 0 Å². The quantitative estimate of drug-likeness (QED) is 0.521. The molecule has 1 saturated heterocycles. The van der Waals surface area contributed by atoms with E-state index in [1.54, 1.807) is 0 Å². The molecule has 0 aromatic rings. The zero-order valence-corrected chi connectivity index (χ0v) is 7.32. The van der Waals surface area contributed by atoms with Crippen molar-refractivity contribution in [1.82, 2.24) is 5.32 Å². The molecule has 1 fully saturated rings. The minimum absolute atomic E-state index is 0.912. The summed E-state index contributed by atoms with van der Waals surface area (Å²) in [6, 6.07) is -2.05. The Kier molecular flexibility index (Phi) is 2.84. The lowest BCUT2D eigenvalue weighted by atomic mass is 10.2. The zero-order chi connectivity index (χ0) is 12.8. The molecule has 0 unspecified atom stereocenters. The Bertz CT molecular complexity index is 284. The number of aliphatic hydroxyl groups is 1. The van der Waals surface area contributed by atoms with Crippen LogP contribution in [0.4, 0.5) is 26.3 Å². The summed E-state index contributed by atoms with van der Waals surface area (Å²) in [5, 5.41) is 9.31. The molecule has 0 bridgehead atoms. The van der Waals surface area contributed by atoms with Gasteiger partial charge in [0, 0.05) is 0 Å². The smallest absolute Gasteiger partial charge is 0.424 e. The van der Waals surface area contributed by atoms with E-state index in [-0.39, 0.29) is 0 Å². The molecule has 10 heteroatoms. The van der Waals surface area contributed by atoms with Crippen LogP contribution in [0.15, 0.2) is 0 Å². The Morgan fingerprint density at radius 3 is 1.88 bits per heavy atom. The number of cyclic esters (lactones) is 1. The van der Waals surface area contributed by atoms with Crippen molar-refractivity contribution in [2.75, 3.05) is 6.61 Å². The Morgan fingerprint density at radius 2 is 1.69 bits per heavy atom. The number of aliphatic hydroxyl groups excluding tert-OH is 1. The molecule has 1 heterocycles. The van der Waals surface area contributed by atoms with Crippen molar-refractivity contribution < 1.29 is 41.0 Å². The predicted octanol–water partition coefficient (Wildman–Crippen LogP) is 0.315. The maximum absolute atomic E-state index is 12.3. The summed E-state index contributed by atoms with van der Waals surface area (Å²) in [5.74, 6) is -1.81. The third-order valence-electron chi connectivity index (χ3n) is 1.90. The maximum atomic E-state index is 12.3. The third kappa shape index (κ3) is 1.71.